The number of benzene rings is 2. The average Bonchev–Trinajstić information content (AvgIpc) is 3.05. The average molecular weight is 328 g/mol. The smallest absolute Gasteiger partial charge is 0.243 e. The van der Waals surface area contributed by atoms with Crippen LogP contribution in [0.15, 0.2) is 57.3 Å². The third kappa shape index (κ3) is 3.64. The van der Waals surface area contributed by atoms with Gasteiger partial charge in [0.05, 0.1) is 30.2 Å². The molecule has 2 aromatic rings. The van der Waals surface area contributed by atoms with Gasteiger partial charge in [0.1, 0.15) is 11.4 Å². The highest BCUT2D eigenvalue weighted by atomic mass is 32.1. The molecule has 0 bridgehead atoms. The fourth-order valence-electron chi connectivity index (χ4n) is 2.33. The van der Waals surface area contributed by atoms with Gasteiger partial charge >= 0.3 is 0 Å². The number of para-hydroxylation sites is 1. The predicted octanol–water partition coefficient (Wildman–Crippen LogP) is 2.85. The molecule has 0 aromatic heterocycles. The molecule has 0 saturated heterocycles. The number of nitrogens with zero attached hydrogens (tertiary/aromatic N) is 3. The number of anilines is 2. The van der Waals surface area contributed by atoms with Crippen molar-refractivity contribution in [2.75, 3.05) is 29.9 Å². The molecule has 0 atom stereocenters. The Morgan fingerprint density at radius 1 is 1.13 bits per heavy atom. The van der Waals surface area contributed by atoms with Crippen LogP contribution in [0, 0.1) is 0 Å². The van der Waals surface area contributed by atoms with Crippen LogP contribution in [0.1, 0.15) is 0 Å². The van der Waals surface area contributed by atoms with Gasteiger partial charge in [0.2, 0.25) is 5.91 Å². The number of amides is 1. The molecule has 0 saturated carbocycles. The van der Waals surface area contributed by atoms with E-state index in [0.29, 0.717) is 17.9 Å². The molecular formula is C16H16N4O2S. The van der Waals surface area contributed by atoms with E-state index in [9.17, 15) is 9.90 Å². The van der Waals surface area contributed by atoms with Gasteiger partial charge in [0.25, 0.3) is 0 Å². The predicted molar refractivity (Wildman–Crippen MR) is 92.4 cm³/mol. The Hall–Kier alpha value is -2.51. The summed E-state index contributed by atoms with van der Waals surface area (Å²) in [5, 5.41) is 12.1. The third-order valence-corrected chi connectivity index (χ3v) is 3.93. The van der Waals surface area contributed by atoms with Crippen LogP contribution < -0.4 is 10.2 Å². The lowest BCUT2D eigenvalue weighted by Crippen LogP contribution is -2.35. The quantitative estimate of drug-likeness (QED) is 0.730. The second kappa shape index (κ2) is 7.17. The highest BCUT2D eigenvalue weighted by Crippen LogP contribution is 2.38. The number of nitrogens with one attached hydrogen (secondary N) is 1. The van der Waals surface area contributed by atoms with E-state index in [1.54, 1.807) is 6.07 Å². The Balaban J connectivity index is 1.71. The molecule has 1 aliphatic heterocycles. The first kappa shape index (κ1) is 15.4. The summed E-state index contributed by atoms with van der Waals surface area (Å²) in [5.41, 5.74) is 3.01. The van der Waals surface area contributed by atoms with E-state index in [0.717, 1.165) is 22.7 Å². The lowest BCUT2D eigenvalue weighted by molar-refractivity contribution is -0.115. The molecule has 1 amide bonds. The van der Waals surface area contributed by atoms with Gasteiger partial charge < -0.3 is 15.3 Å². The van der Waals surface area contributed by atoms with Crippen molar-refractivity contribution >= 4 is 40.0 Å². The molecule has 0 radical (unpaired) electrons. The summed E-state index contributed by atoms with van der Waals surface area (Å²) in [6.07, 6.45) is 0. The normalized spacial score (nSPS) is 11.7. The van der Waals surface area contributed by atoms with E-state index in [1.807, 2.05) is 47.4 Å². The first-order valence-electron chi connectivity index (χ1n) is 7.20. The Labute approximate surface area is 137 Å². The van der Waals surface area contributed by atoms with Crippen LogP contribution in [0.3, 0.4) is 0 Å². The van der Waals surface area contributed by atoms with Gasteiger partial charge in [-0.2, -0.15) is 8.73 Å². The summed E-state index contributed by atoms with van der Waals surface area (Å²) < 4.78 is 8.37. The van der Waals surface area contributed by atoms with Crippen molar-refractivity contribution in [3.05, 3.63) is 48.5 Å². The number of rotatable bonds is 6. The van der Waals surface area contributed by atoms with Crippen molar-refractivity contribution in [3.8, 4) is 0 Å². The summed E-state index contributed by atoms with van der Waals surface area (Å²) in [5.74, 6) is -0.164. The first-order valence-corrected chi connectivity index (χ1v) is 7.93. The molecule has 7 heteroatoms. The molecular weight excluding hydrogens is 312 g/mol. The van der Waals surface area contributed by atoms with Crippen molar-refractivity contribution < 1.29 is 9.90 Å². The van der Waals surface area contributed by atoms with Crippen LogP contribution in [0.4, 0.5) is 22.7 Å². The van der Waals surface area contributed by atoms with Crippen LogP contribution in [-0.2, 0) is 16.1 Å². The van der Waals surface area contributed by atoms with E-state index in [-0.39, 0.29) is 19.1 Å². The Kier molecular flexibility index (Phi) is 4.80. The van der Waals surface area contributed by atoms with Gasteiger partial charge in [0, 0.05) is 12.2 Å². The van der Waals surface area contributed by atoms with E-state index >= 15 is 0 Å². The SMILES string of the molecule is O=C(CN(CCO)c1ccccc1)Nc1cccc2c1N=S=N2. The topological polar surface area (TPSA) is 77.3 Å². The summed E-state index contributed by atoms with van der Waals surface area (Å²) in [7, 11) is 0. The molecule has 0 spiro atoms. The van der Waals surface area contributed by atoms with E-state index < -0.39 is 0 Å². The van der Waals surface area contributed by atoms with E-state index in [4.69, 9.17) is 0 Å². The lowest BCUT2D eigenvalue weighted by atomic mass is 10.2. The van der Waals surface area contributed by atoms with Gasteiger partial charge in [-0.3, -0.25) is 4.79 Å². The van der Waals surface area contributed by atoms with Gasteiger partial charge in [-0.25, -0.2) is 0 Å². The number of aliphatic hydroxyl groups is 1. The summed E-state index contributed by atoms with van der Waals surface area (Å²) in [6.45, 7) is 0.520. The fraction of sp³-hybridized carbons (Fsp3) is 0.188. The molecule has 2 aromatic carbocycles. The third-order valence-electron chi connectivity index (χ3n) is 3.39. The molecule has 2 N–H and O–H groups in total. The molecule has 1 heterocycles. The zero-order valence-corrected chi connectivity index (χ0v) is 13.2. The largest absolute Gasteiger partial charge is 0.395 e. The summed E-state index contributed by atoms with van der Waals surface area (Å²) in [6, 6.07) is 15.0. The minimum atomic E-state index is -0.164. The molecule has 0 unspecified atom stereocenters. The zero-order chi connectivity index (χ0) is 16.1. The number of hydrogen-bond donors (Lipinski definition) is 2. The van der Waals surface area contributed by atoms with Gasteiger partial charge in [-0.15, -0.1) is 0 Å². The number of carbonyl (C=O) groups excluding carboxylic acids is 1. The van der Waals surface area contributed by atoms with Crippen molar-refractivity contribution in [2.24, 2.45) is 8.73 Å². The van der Waals surface area contributed by atoms with Gasteiger partial charge in [0.15, 0.2) is 0 Å². The zero-order valence-electron chi connectivity index (χ0n) is 12.3. The number of hydrogen-bond acceptors (Lipinski definition) is 5. The summed E-state index contributed by atoms with van der Waals surface area (Å²) >= 11 is 1.12. The molecule has 118 valence electrons. The highest BCUT2D eigenvalue weighted by Gasteiger charge is 2.15. The van der Waals surface area contributed by atoms with Crippen LogP contribution in [0.5, 0.6) is 0 Å². The van der Waals surface area contributed by atoms with Crippen molar-refractivity contribution in [1.29, 1.82) is 0 Å². The van der Waals surface area contributed by atoms with Gasteiger partial charge in [-0.1, -0.05) is 24.3 Å². The van der Waals surface area contributed by atoms with Crippen LogP contribution in [-0.4, -0.2) is 30.7 Å². The van der Waals surface area contributed by atoms with Crippen LogP contribution >= 0.6 is 0 Å². The highest BCUT2D eigenvalue weighted by molar-refractivity contribution is 7.58. The molecule has 23 heavy (non-hydrogen) atoms. The molecule has 6 nitrogen and oxygen atoms in total. The molecule has 0 aliphatic carbocycles. The first-order chi connectivity index (χ1) is 11.3. The molecule has 1 aliphatic rings. The second-order valence-corrected chi connectivity index (χ2v) is 5.49. The standard InChI is InChI=1S/C16H16N4O2S/c21-10-9-20(12-5-2-1-3-6-12)11-15(22)17-13-7-4-8-14-16(13)19-23-18-14/h1-8,21H,9-11H2,(H,17,22). The maximum atomic E-state index is 12.4. The second-order valence-electron chi connectivity index (χ2n) is 4.97. The minimum absolute atomic E-state index is 0.0201. The molecule has 0 fully saturated rings. The van der Waals surface area contributed by atoms with Crippen molar-refractivity contribution in [1.82, 2.24) is 0 Å². The lowest BCUT2D eigenvalue weighted by Gasteiger charge is -2.23. The van der Waals surface area contributed by atoms with E-state index in [1.165, 1.54) is 0 Å². The van der Waals surface area contributed by atoms with E-state index in [2.05, 4.69) is 14.0 Å². The van der Waals surface area contributed by atoms with Crippen LogP contribution in [0.25, 0.3) is 0 Å². The number of fused-ring (bicyclic) bond motifs is 1. The monoisotopic (exact) mass is 328 g/mol. The molecule has 3 rings (SSSR count). The van der Waals surface area contributed by atoms with Crippen LogP contribution in [0.2, 0.25) is 0 Å². The Bertz CT molecular complexity index is 773. The number of aliphatic hydroxyl groups excluding tert-OH is 1. The maximum absolute atomic E-state index is 12.4. The Morgan fingerprint density at radius 2 is 1.96 bits per heavy atom. The van der Waals surface area contributed by atoms with Crippen molar-refractivity contribution in [2.45, 2.75) is 0 Å². The Morgan fingerprint density at radius 3 is 2.74 bits per heavy atom. The number of carbonyl (C=O) groups is 1. The minimum Gasteiger partial charge on any atom is -0.395 e. The van der Waals surface area contributed by atoms with Gasteiger partial charge in [-0.05, 0) is 24.3 Å². The maximum Gasteiger partial charge on any atom is 0.243 e. The summed E-state index contributed by atoms with van der Waals surface area (Å²) in [4.78, 5) is 14.2. The van der Waals surface area contributed by atoms with Crippen molar-refractivity contribution in [3.63, 3.8) is 0 Å². The fourth-order valence-corrected chi connectivity index (χ4v) is 2.88.